The molecule has 0 amide bonds. The molecule has 0 saturated carbocycles. The molecule has 3 heteroatoms. The molecule has 3 nitrogen and oxygen atoms in total. The molecule has 0 unspecified atom stereocenters. The molecule has 94 valence electrons. The maximum atomic E-state index is 5.73. The van der Waals surface area contributed by atoms with E-state index in [0.29, 0.717) is 0 Å². The molecule has 0 bridgehead atoms. The van der Waals surface area contributed by atoms with Crippen LogP contribution >= 0.6 is 0 Å². The first-order chi connectivity index (χ1) is 8.81. The van der Waals surface area contributed by atoms with Gasteiger partial charge in [0.25, 0.3) is 0 Å². The van der Waals surface area contributed by atoms with Crippen molar-refractivity contribution in [1.82, 2.24) is 0 Å². The van der Waals surface area contributed by atoms with Crippen LogP contribution in [-0.2, 0) is 0 Å². The lowest BCUT2D eigenvalue weighted by Crippen LogP contribution is -1.95. The van der Waals surface area contributed by atoms with Crippen molar-refractivity contribution >= 4 is 5.69 Å². The number of methoxy groups -OCH3 is 1. The molecule has 2 rings (SSSR count). The van der Waals surface area contributed by atoms with E-state index in [2.05, 4.69) is 12.2 Å². The van der Waals surface area contributed by atoms with Crippen molar-refractivity contribution in [3.8, 4) is 17.2 Å². The summed E-state index contributed by atoms with van der Waals surface area (Å²) in [5.74, 6) is 2.44. The van der Waals surface area contributed by atoms with E-state index >= 15 is 0 Å². The predicted molar refractivity (Wildman–Crippen MR) is 73.7 cm³/mol. The molecule has 0 heterocycles. The zero-order chi connectivity index (χ0) is 12.8. The lowest BCUT2D eigenvalue weighted by molar-refractivity contribution is 0.413. The van der Waals surface area contributed by atoms with Crippen LogP contribution in [0.25, 0.3) is 0 Å². The molecule has 2 aromatic carbocycles. The number of rotatable bonds is 5. The van der Waals surface area contributed by atoms with Gasteiger partial charge in [-0.05, 0) is 55.5 Å². The summed E-state index contributed by atoms with van der Waals surface area (Å²) in [6, 6.07) is 15.4. The van der Waals surface area contributed by atoms with Crippen LogP contribution in [0.4, 0.5) is 5.69 Å². The van der Waals surface area contributed by atoms with Crippen molar-refractivity contribution in [3.05, 3.63) is 48.5 Å². The van der Waals surface area contributed by atoms with Gasteiger partial charge in [0.05, 0.1) is 7.11 Å². The van der Waals surface area contributed by atoms with Gasteiger partial charge in [0.1, 0.15) is 17.2 Å². The van der Waals surface area contributed by atoms with Crippen LogP contribution < -0.4 is 14.8 Å². The van der Waals surface area contributed by atoms with Crippen LogP contribution in [0.2, 0.25) is 0 Å². The molecule has 2 aromatic rings. The van der Waals surface area contributed by atoms with Crippen molar-refractivity contribution in [2.45, 2.75) is 6.92 Å². The molecule has 0 aromatic heterocycles. The van der Waals surface area contributed by atoms with Gasteiger partial charge in [0, 0.05) is 12.2 Å². The van der Waals surface area contributed by atoms with Crippen molar-refractivity contribution < 1.29 is 9.47 Å². The predicted octanol–water partition coefficient (Wildman–Crippen LogP) is 3.92. The quantitative estimate of drug-likeness (QED) is 0.863. The maximum absolute atomic E-state index is 5.73. The van der Waals surface area contributed by atoms with Gasteiger partial charge >= 0.3 is 0 Å². The van der Waals surface area contributed by atoms with E-state index in [1.807, 2.05) is 48.5 Å². The zero-order valence-electron chi connectivity index (χ0n) is 10.6. The third-order valence-corrected chi connectivity index (χ3v) is 2.53. The van der Waals surface area contributed by atoms with Crippen molar-refractivity contribution in [2.24, 2.45) is 0 Å². The van der Waals surface area contributed by atoms with Gasteiger partial charge in [0.15, 0.2) is 0 Å². The highest BCUT2D eigenvalue weighted by atomic mass is 16.5. The Bertz CT molecular complexity index is 477. The molecule has 0 aliphatic rings. The van der Waals surface area contributed by atoms with Crippen LogP contribution in [0.5, 0.6) is 17.2 Å². The van der Waals surface area contributed by atoms with Crippen LogP contribution in [0, 0.1) is 0 Å². The van der Waals surface area contributed by atoms with E-state index in [1.165, 1.54) is 0 Å². The van der Waals surface area contributed by atoms with Gasteiger partial charge < -0.3 is 14.8 Å². The average molecular weight is 243 g/mol. The van der Waals surface area contributed by atoms with Crippen LogP contribution in [0.1, 0.15) is 6.92 Å². The molecular weight excluding hydrogens is 226 g/mol. The highest BCUT2D eigenvalue weighted by Crippen LogP contribution is 2.24. The lowest BCUT2D eigenvalue weighted by Gasteiger charge is -2.08. The van der Waals surface area contributed by atoms with Gasteiger partial charge in [-0.1, -0.05) is 0 Å². The van der Waals surface area contributed by atoms with E-state index in [1.54, 1.807) is 7.11 Å². The monoisotopic (exact) mass is 243 g/mol. The molecular formula is C15H17NO2. The van der Waals surface area contributed by atoms with Gasteiger partial charge in [-0.25, -0.2) is 0 Å². The van der Waals surface area contributed by atoms with Crippen LogP contribution in [0.3, 0.4) is 0 Å². The molecule has 0 spiro atoms. The van der Waals surface area contributed by atoms with E-state index in [4.69, 9.17) is 9.47 Å². The normalized spacial score (nSPS) is 9.89. The van der Waals surface area contributed by atoms with E-state index in [-0.39, 0.29) is 0 Å². The average Bonchev–Trinajstić information content (AvgIpc) is 2.42. The first-order valence-electron chi connectivity index (χ1n) is 5.97. The second-order valence-corrected chi connectivity index (χ2v) is 3.83. The summed E-state index contributed by atoms with van der Waals surface area (Å²) in [7, 11) is 1.65. The standard InChI is InChI=1S/C15H17NO2/c1-3-16-12-4-6-14(7-5-12)18-15-10-8-13(17-2)9-11-15/h4-11,16H,3H2,1-2H3. The molecule has 18 heavy (non-hydrogen) atoms. The highest BCUT2D eigenvalue weighted by Gasteiger charge is 1.98. The second-order valence-electron chi connectivity index (χ2n) is 3.83. The number of hydrogen-bond acceptors (Lipinski definition) is 3. The molecule has 0 aliphatic carbocycles. The molecule has 0 fully saturated rings. The van der Waals surface area contributed by atoms with Crippen molar-refractivity contribution in [2.75, 3.05) is 19.0 Å². The van der Waals surface area contributed by atoms with Gasteiger partial charge in [-0.2, -0.15) is 0 Å². The third kappa shape index (κ3) is 3.17. The Kier molecular flexibility index (Phi) is 4.07. The molecule has 0 aliphatic heterocycles. The first kappa shape index (κ1) is 12.3. The van der Waals surface area contributed by atoms with Crippen LogP contribution in [0.15, 0.2) is 48.5 Å². The fraction of sp³-hybridized carbons (Fsp3) is 0.200. The minimum atomic E-state index is 0.798. The summed E-state index contributed by atoms with van der Waals surface area (Å²) < 4.78 is 10.8. The minimum absolute atomic E-state index is 0.798. The Hall–Kier alpha value is -2.16. The summed E-state index contributed by atoms with van der Waals surface area (Å²) in [5.41, 5.74) is 1.10. The lowest BCUT2D eigenvalue weighted by atomic mass is 10.3. The van der Waals surface area contributed by atoms with E-state index in [0.717, 1.165) is 29.5 Å². The number of ether oxygens (including phenoxy) is 2. The number of nitrogens with one attached hydrogen (secondary N) is 1. The Morgan fingerprint density at radius 1 is 0.833 bits per heavy atom. The Morgan fingerprint density at radius 3 is 1.83 bits per heavy atom. The van der Waals surface area contributed by atoms with E-state index < -0.39 is 0 Å². The SMILES string of the molecule is CCNc1ccc(Oc2ccc(OC)cc2)cc1. The van der Waals surface area contributed by atoms with E-state index in [9.17, 15) is 0 Å². The minimum Gasteiger partial charge on any atom is -0.497 e. The third-order valence-electron chi connectivity index (χ3n) is 2.53. The highest BCUT2D eigenvalue weighted by molar-refractivity contribution is 5.47. The second kappa shape index (κ2) is 5.96. The van der Waals surface area contributed by atoms with Crippen LogP contribution in [-0.4, -0.2) is 13.7 Å². The largest absolute Gasteiger partial charge is 0.497 e. The maximum Gasteiger partial charge on any atom is 0.127 e. The summed E-state index contributed by atoms with van der Waals surface area (Å²) in [5, 5.41) is 3.24. The summed E-state index contributed by atoms with van der Waals surface area (Å²) >= 11 is 0. The Balaban J connectivity index is 2.03. The molecule has 0 radical (unpaired) electrons. The summed E-state index contributed by atoms with van der Waals surface area (Å²) in [4.78, 5) is 0. The smallest absolute Gasteiger partial charge is 0.127 e. The summed E-state index contributed by atoms with van der Waals surface area (Å²) in [6.45, 7) is 2.99. The van der Waals surface area contributed by atoms with Gasteiger partial charge in [0.2, 0.25) is 0 Å². The molecule has 1 N–H and O–H groups in total. The summed E-state index contributed by atoms with van der Waals surface area (Å²) in [6.07, 6.45) is 0. The van der Waals surface area contributed by atoms with Gasteiger partial charge in [-0.3, -0.25) is 0 Å². The number of hydrogen-bond donors (Lipinski definition) is 1. The topological polar surface area (TPSA) is 30.5 Å². The van der Waals surface area contributed by atoms with Gasteiger partial charge in [-0.15, -0.1) is 0 Å². The molecule has 0 saturated heterocycles. The van der Waals surface area contributed by atoms with Crippen molar-refractivity contribution in [3.63, 3.8) is 0 Å². The first-order valence-corrected chi connectivity index (χ1v) is 5.97. The Labute approximate surface area is 107 Å². The fourth-order valence-corrected chi connectivity index (χ4v) is 1.62. The zero-order valence-corrected chi connectivity index (χ0v) is 10.6. The fourth-order valence-electron chi connectivity index (χ4n) is 1.62. The molecule has 0 atom stereocenters. The Morgan fingerprint density at radius 2 is 1.33 bits per heavy atom. The van der Waals surface area contributed by atoms with Crippen molar-refractivity contribution in [1.29, 1.82) is 0 Å². The number of anilines is 1. The number of benzene rings is 2.